The van der Waals surface area contributed by atoms with Gasteiger partial charge in [0.05, 0.1) is 0 Å². The van der Waals surface area contributed by atoms with Crippen molar-refractivity contribution in [2.75, 3.05) is 13.7 Å². The lowest BCUT2D eigenvalue weighted by molar-refractivity contribution is -0.134. The van der Waals surface area contributed by atoms with E-state index in [1.807, 2.05) is 0 Å². The van der Waals surface area contributed by atoms with Gasteiger partial charge in [0.25, 0.3) is 0 Å². The Balaban J connectivity index is 2.35. The number of ketones is 1. The van der Waals surface area contributed by atoms with E-state index in [0.717, 1.165) is 25.7 Å². The molecule has 1 unspecified atom stereocenters. The van der Waals surface area contributed by atoms with Crippen molar-refractivity contribution < 1.29 is 14.6 Å². The zero-order chi connectivity index (χ0) is 9.68. The first-order valence-electron chi connectivity index (χ1n) is 4.95. The monoisotopic (exact) mass is 186 g/mol. The molecule has 1 N–H and O–H groups in total. The number of hydrogen-bond donors (Lipinski definition) is 1. The van der Waals surface area contributed by atoms with Crippen LogP contribution >= 0.6 is 0 Å². The first-order chi connectivity index (χ1) is 6.25. The van der Waals surface area contributed by atoms with Crippen LogP contribution in [0.5, 0.6) is 0 Å². The Morgan fingerprint density at radius 3 is 2.62 bits per heavy atom. The zero-order valence-corrected chi connectivity index (χ0v) is 8.16. The van der Waals surface area contributed by atoms with Crippen molar-refractivity contribution in [2.24, 2.45) is 5.92 Å². The number of methoxy groups -OCH3 is 1. The molecule has 0 aromatic rings. The largest absolute Gasteiger partial charge is 0.385 e. The fourth-order valence-electron chi connectivity index (χ4n) is 1.94. The minimum Gasteiger partial charge on any atom is -0.385 e. The molecular weight excluding hydrogens is 168 g/mol. The highest BCUT2D eigenvalue weighted by atomic mass is 16.5. The number of aliphatic hydroxyl groups is 1. The number of aliphatic hydroxyl groups excluding tert-OH is 1. The molecule has 1 aliphatic carbocycles. The van der Waals surface area contributed by atoms with Gasteiger partial charge in [-0.3, -0.25) is 4.79 Å². The van der Waals surface area contributed by atoms with Crippen molar-refractivity contribution >= 4 is 5.78 Å². The quantitative estimate of drug-likeness (QED) is 0.716. The van der Waals surface area contributed by atoms with E-state index >= 15 is 0 Å². The Bertz CT molecular complexity index is 162. The standard InChI is InChI=1S/C10H18O3/c1-13-7-9(11)10(12)8-5-3-2-4-6-8/h8,10,12H,2-7H2,1H3. The van der Waals surface area contributed by atoms with E-state index in [2.05, 4.69) is 0 Å². The second-order valence-electron chi connectivity index (χ2n) is 3.74. The molecule has 0 amide bonds. The van der Waals surface area contributed by atoms with Gasteiger partial charge in [0.15, 0.2) is 5.78 Å². The van der Waals surface area contributed by atoms with Gasteiger partial charge in [-0.05, 0) is 18.8 Å². The van der Waals surface area contributed by atoms with Crippen LogP contribution in [0.2, 0.25) is 0 Å². The van der Waals surface area contributed by atoms with E-state index in [1.165, 1.54) is 13.5 Å². The molecule has 0 aromatic heterocycles. The normalized spacial score (nSPS) is 21.4. The number of hydrogen-bond acceptors (Lipinski definition) is 3. The van der Waals surface area contributed by atoms with Gasteiger partial charge in [0, 0.05) is 7.11 Å². The highest BCUT2D eigenvalue weighted by Crippen LogP contribution is 2.26. The number of Topliss-reactive ketones (excluding diaryl/α,β-unsaturated/α-hetero) is 1. The van der Waals surface area contributed by atoms with Gasteiger partial charge >= 0.3 is 0 Å². The van der Waals surface area contributed by atoms with Crippen LogP contribution in [0, 0.1) is 5.92 Å². The summed E-state index contributed by atoms with van der Waals surface area (Å²) in [6.07, 6.45) is 4.69. The minimum absolute atomic E-state index is 0.0394. The fourth-order valence-corrected chi connectivity index (χ4v) is 1.94. The lowest BCUT2D eigenvalue weighted by Crippen LogP contribution is -2.33. The molecule has 1 saturated carbocycles. The van der Waals surface area contributed by atoms with Gasteiger partial charge in [-0.1, -0.05) is 19.3 Å². The molecule has 13 heavy (non-hydrogen) atoms. The van der Waals surface area contributed by atoms with Crippen molar-refractivity contribution in [3.63, 3.8) is 0 Å². The second-order valence-corrected chi connectivity index (χ2v) is 3.74. The number of carbonyl (C=O) groups excluding carboxylic acids is 1. The molecule has 3 heteroatoms. The predicted molar refractivity (Wildman–Crippen MR) is 49.5 cm³/mol. The molecule has 76 valence electrons. The molecule has 0 aliphatic heterocycles. The number of ether oxygens (including phenoxy) is 1. The fraction of sp³-hybridized carbons (Fsp3) is 0.900. The topological polar surface area (TPSA) is 46.5 Å². The molecule has 1 aliphatic rings. The molecule has 1 atom stereocenters. The van der Waals surface area contributed by atoms with E-state index in [9.17, 15) is 9.90 Å². The third-order valence-corrected chi connectivity index (χ3v) is 2.71. The first-order valence-corrected chi connectivity index (χ1v) is 4.95. The van der Waals surface area contributed by atoms with Crippen molar-refractivity contribution in [1.29, 1.82) is 0 Å². The summed E-state index contributed by atoms with van der Waals surface area (Å²) in [4.78, 5) is 11.3. The molecule has 3 nitrogen and oxygen atoms in total. The average molecular weight is 186 g/mol. The molecule has 1 fully saturated rings. The van der Waals surface area contributed by atoms with Crippen LogP contribution in [0.15, 0.2) is 0 Å². The van der Waals surface area contributed by atoms with E-state index in [0.29, 0.717) is 0 Å². The molecule has 1 rings (SSSR count). The van der Waals surface area contributed by atoms with Crippen molar-refractivity contribution in [3.8, 4) is 0 Å². The molecule has 0 spiro atoms. The number of rotatable bonds is 4. The highest BCUT2D eigenvalue weighted by molar-refractivity contribution is 5.84. The smallest absolute Gasteiger partial charge is 0.187 e. The van der Waals surface area contributed by atoms with E-state index in [4.69, 9.17) is 4.74 Å². The Morgan fingerprint density at radius 2 is 2.08 bits per heavy atom. The maximum atomic E-state index is 11.3. The Morgan fingerprint density at radius 1 is 1.46 bits per heavy atom. The third kappa shape index (κ3) is 3.08. The zero-order valence-electron chi connectivity index (χ0n) is 8.16. The van der Waals surface area contributed by atoms with Gasteiger partial charge < -0.3 is 9.84 Å². The third-order valence-electron chi connectivity index (χ3n) is 2.71. The van der Waals surface area contributed by atoms with Crippen LogP contribution in [0.3, 0.4) is 0 Å². The van der Waals surface area contributed by atoms with Crippen molar-refractivity contribution in [3.05, 3.63) is 0 Å². The first kappa shape index (κ1) is 10.7. The lowest BCUT2D eigenvalue weighted by atomic mass is 9.84. The second kappa shape index (κ2) is 5.35. The van der Waals surface area contributed by atoms with Gasteiger partial charge in [-0.15, -0.1) is 0 Å². The SMILES string of the molecule is COCC(=O)C(O)C1CCCCC1. The molecular formula is C10H18O3. The summed E-state index contributed by atoms with van der Waals surface area (Å²) in [5.41, 5.74) is 0. The van der Waals surface area contributed by atoms with E-state index in [-0.39, 0.29) is 18.3 Å². The van der Waals surface area contributed by atoms with Gasteiger partial charge in [-0.2, -0.15) is 0 Å². The summed E-state index contributed by atoms with van der Waals surface area (Å²) in [6.45, 7) is 0.0394. The summed E-state index contributed by atoms with van der Waals surface area (Å²) >= 11 is 0. The van der Waals surface area contributed by atoms with Crippen molar-refractivity contribution in [1.82, 2.24) is 0 Å². The van der Waals surface area contributed by atoms with Gasteiger partial charge in [0.1, 0.15) is 12.7 Å². The number of carbonyl (C=O) groups is 1. The summed E-state index contributed by atoms with van der Waals surface area (Å²) in [7, 11) is 1.48. The molecule has 0 aromatic carbocycles. The Kier molecular flexibility index (Phi) is 4.39. The lowest BCUT2D eigenvalue weighted by Gasteiger charge is -2.25. The predicted octanol–water partition coefficient (Wildman–Crippen LogP) is 1.14. The van der Waals surface area contributed by atoms with Crippen molar-refractivity contribution in [2.45, 2.75) is 38.2 Å². The van der Waals surface area contributed by atoms with Gasteiger partial charge in [-0.25, -0.2) is 0 Å². The molecule has 0 heterocycles. The minimum atomic E-state index is -0.791. The summed E-state index contributed by atoms with van der Waals surface area (Å²) in [6, 6.07) is 0. The van der Waals surface area contributed by atoms with Crippen LogP contribution in [0.1, 0.15) is 32.1 Å². The van der Waals surface area contributed by atoms with E-state index in [1.54, 1.807) is 0 Å². The van der Waals surface area contributed by atoms with Crippen LogP contribution in [-0.2, 0) is 9.53 Å². The maximum Gasteiger partial charge on any atom is 0.187 e. The Labute approximate surface area is 79.1 Å². The summed E-state index contributed by atoms with van der Waals surface area (Å²) in [5, 5.41) is 9.64. The summed E-state index contributed by atoms with van der Waals surface area (Å²) in [5.74, 6) is 0.00537. The van der Waals surface area contributed by atoms with Crippen LogP contribution in [0.4, 0.5) is 0 Å². The molecule has 0 bridgehead atoms. The summed E-state index contributed by atoms with van der Waals surface area (Å²) < 4.78 is 4.71. The molecule has 0 saturated heterocycles. The van der Waals surface area contributed by atoms with Crippen LogP contribution < -0.4 is 0 Å². The van der Waals surface area contributed by atoms with Crippen LogP contribution in [-0.4, -0.2) is 30.7 Å². The van der Waals surface area contributed by atoms with Crippen LogP contribution in [0.25, 0.3) is 0 Å². The Hall–Kier alpha value is -0.410. The average Bonchev–Trinajstić information content (AvgIpc) is 2.18. The molecule has 0 radical (unpaired) electrons. The highest BCUT2D eigenvalue weighted by Gasteiger charge is 2.26. The van der Waals surface area contributed by atoms with E-state index < -0.39 is 6.10 Å². The van der Waals surface area contributed by atoms with Gasteiger partial charge in [0.2, 0.25) is 0 Å². The maximum absolute atomic E-state index is 11.3.